The number of allylic oxidation sites excluding steroid dienone is 1. The van der Waals surface area contributed by atoms with E-state index in [1.165, 1.54) is 11.8 Å². The zero-order valence-corrected chi connectivity index (χ0v) is 17.9. The normalized spacial score (nSPS) is 22.6. The lowest BCUT2D eigenvalue weighted by molar-refractivity contribution is -0.131. The second kappa shape index (κ2) is 9.53. The van der Waals surface area contributed by atoms with Crippen molar-refractivity contribution in [2.45, 2.75) is 49.5 Å². The molecule has 1 aromatic carbocycles. The standard InChI is InChI=1S/C21H25N3O2S2/c1-14-5-3-4-10-24(14)20(26)13-28-21-18(12-22)17(11-19(25)23-21)15-6-8-16(27-2)9-7-15/h6-9,14,17H,3-5,10-11,13H2,1-2H3,(H,23,25)/t14-,17-/m0/s1. The van der Waals surface area contributed by atoms with E-state index < -0.39 is 0 Å². The Balaban J connectivity index is 1.77. The molecule has 28 heavy (non-hydrogen) atoms. The number of hydrogen-bond acceptors (Lipinski definition) is 5. The predicted molar refractivity (Wildman–Crippen MR) is 114 cm³/mol. The number of carbonyl (C=O) groups excluding carboxylic acids is 2. The summed E-state index contributed by atoms with van der Waals surface area (Å²) < 4.78 is 0. The van der Waals surface area contributed by atoms with Crippen LogP contribution in [0.5, 0.6) is 0 Å². The highest BCUT2D eigenvalue weighted by Gasteiger charge is 2.31. The molecular formula is C21H25N3O2S2. The van der Waals surface area contributed by atoms with Gasteiger partial charge in [0.2, 0.25) is 11.8 Å². The number of likely N-dealkylation sites (tertiary alicyclic amines) is 1. The Labute approximate surface area is 174 Å². The number of piperidine rings is 1. The van der Waals surface area contributed by atoms with E-state index in [0.717, 1.165) is 36.3 Å². The maximum Gasteiger partial charge on any atom is 0.233 e. The quantitative estimate of drug-likeness (QED) is 0.739. The Kier molecular flexibility index (Phi) is 7.08. The van der Waals surface area contributed by atoms with Crippen molar-refractivity contribution >= 4 is 35.3 Å². The van der Waals surface area contributed by atoms with E-state index in [9.17, 15) is 14.9 Å². The SMILES string of the molecule is CSc1ccc([C@@H]2CC(=O)NC(SCC(=O)N3CCCC[C@@H]3C)=C2C#N)cc1. The van der Waals surface area contributed by atoms with Gasteiger partial charge in [-0.15, -0.1) is 11.8 Å². The Morgan fingerprint density at radius 3 is 2.71 bits per heavy atom. The van der Waals surface area contributed by atoms with E-state index in [2.05, 4.69) is 18.3 Å². The first-order valence-electron chi connectivity index (χ1n) is 9.53. The van der Waals surface area contributed by atoms with Gasteiger partial charge in [0.25, 0.3) is 0 Å². The van der Waals surface area contributed by atoms with Gasteiger partial charge in [-0.25, -0.2) is 0 Å². The van der Waals surface area contributed by atoms with E-state index in [-0.39, 0.29) is 35.9 Å². The van der Waals surface area contributed by atoms with Gasteiger partial charge in [0.1, 0.15) is 0 Å². The highest BCUT2D eigenvalue weighted by molar-refractivity contribution is 8.03. The van der Waals surface area contributed by atoms with Gasteiger partial charge < -0.3 is 10.2 Å². The number of amides is 2. The number of nitriles is 1. The van der Waals surface area contributed by atoms with E-state index >= 15 is 0 Å². The molecule has 1 fully saturated rings. The molecule has 0 saturated carbocycles. The molecule has 0 aliphatic carbocycles. The van der Waals surface area contributed by atoms with E-state index in [1.54, 1.807) is 11.8 Å². The summed E-state index contributed by atoms with van der Waals surface area (Å²) in [6.07, 6.45) is 5.50. The van der Waals surface area contributed by atoms with Gasteiger partial charge >= 0.3 is 0 Å². The topological polar surface area (TPSA) is 73.2 Å². The van der Waals surface area contributed by atoms with Crippen LogP contribution in [0.15, 0.2) is 39.8 Å². The van der Waals surface area contributed by atoms with Crippen LogP contribution in [0.25, 0.3) is 0 Å². The van der Waals surface area contributed by atoms with Gasteiger partial charge in [-0.05, 0) is 50.1 Å². The molecule has 5 nitrogen and oxygen atoms in total. The molecule has 148 valence electrons. The fourth-order valence-corrected chi connectivity index (χ4v) is 5.11. The molecule has 2 amide bonds. The summed E-state index contributed by atoms with van der Waals surface area (Å²) in [5.41, 5.74) is 1.50. The van der Waals surface area contributed by atoms with E-state index in [4.69, 9.17) is 0 Å². The van der Waals surface area contributed by atoms with Crippen molar-refractivity contribution in [1.82, 2.24) is 10.2 Å². The van der Waals surface area contributed by atoms with Crippen molar-refractivity contribution in [2.75, 3.05) is 18.6 Å². The first-order chi connectivity index (χ1) is 13.5. The number of thioether (sulfide) groups is 2. The third kappa shape index (κ3) is 4.73. The molecular weight excluding hydrogens is 390 g/mol. The van der Waals surface area contributed by atoms with Crippen LogP contribution in [-0.2, 0) is 9.59 Å². The molecule has 0 radical (unpaired) electrons. The molecule has 0 unspecified atom stereocenters. The van der Waals surface area contributed by atoms with Crippen LogP contribution in [0.3, 0.4) is 0 Å². The minimum Gasteiger partial charge on any atom is -0.339 e. The lowest BCUT2D eigenvalue weighted by atomic mass is 9.87. The molecule has 0 aromatic heterocycles. The van der Waals surface area contributed by atoms with E-state index in [1.807, 2.05) is 35.4 Å². The summed E-state index contributed by atoms with van der Waals surface area (Å²) in [5, 5.41) is 13.1. The zero-order chi connectivity index (χ0) is 20.1. The molecule has 2 aliphatic heterocycles. The van der Waals surface area contributed by atoms with Crippen molar-refractivity contribution in [1.29, 1.82) is 5.26 Å². The number of benzene rings is 1. The summed E-state index contributed by atoms with van der Waals surface area (Å²) in [6, 6.07) is 10.5. The second-order valence-electron chi connectivity index (χ2n) is 7.15. The van der Waals surface area contributed by atoms with Gasteiger partial charge in [0.05, 0.1) is 22.4 Å². The Bertz CT molecular complexity index is 814. The van der Waals surface area contributed by atoms with Crippen LogP contribution in [0.2, 0.25) is 0 Å². The Hall–Kier alpha value is -1.91. The molecule has 1 aromatic rings. The summed E-state index contributed by atoms with van der Waals surface area (Å²) in [4.78, 5) is 28.0. The lowest BCUT2D eigenvalue weighted by Crippen LogP contribution is -2.43. The molecule has 1 N–H and O–H groups in total. The first-order valence-corrected chi connectivity index (χ1v) is 11.7. The van der Waals surface area contributed by atoms with Gasteiger partial charge in [-0.2, -0.15) is 5.26 Å². The van der Waals surface area contributed by atoms with Crippen LogP contribution in [-0.4, -0.2) is 41.3 Å². The molecule has 2 atom stereocenters. The molecule has 7 heteroatoms. The lowest BCUT2D eigenvalue weighted by Gasteiger charge is -2.33. The molecule has 0 bridgehead atoms. The van der Waals surface area contributed by atoms with Gasteiger partial charge in [-0.1, -0.05) is 23.9 Å². The molecule has 3 rings (SSSR count). The smallest absolute Gasteiger partial charge is 0.233 e. The van der Waals surface area contributed by atoms with Crippen molar-refractivity contribution in [3.8, 4) is 6.07 Å². The maximum atomic E-state index is 12.6. The van der Waals surface area contributed by atoms with E-state index in [0.29, 0.717) is 10.6 Å². The van der Waals surface area contributed by atoms with Crippen LogP contribution >= 0.6 is 23.5 Å². The summed E-state index contributed by atoms with van der Waals surface area (Å²) in [6.45, 7) is 2.87. The van der Waals surface area contributed by atoms with Gasteiger partial charge in [0.15, 0.2) is 0 Å². The zero-order valence-electron chi connectivity index (χ0n) is 16.2. The number of nitrogens with one attached hydrogen (secondary N) is 1. The van der Waals surface area contributed by atoms with Crippen LogP contribution in [0, 0.1) is 11.3 Å². The molecule has 2 heterocycles. The third-order valence-electron chi connectivity index (χ3n) is 5.34. The number of nitrogens with zero attached hydrogens (tertiary/aromatic N) is 2. The van der Waals surface area contributed by atoms with Crippen LogP contribution < -0.4 is 5.32 Å². The fourth-order valence-electron chi connectivity index (χ4n) is 3.74. The second-order valence-corrected chi connectivity index (χ2v) is 9.02. The highest BCUT2D eigenvalue weighted by atomic mass is 32.2. The van der Waals surface area contributed by atoms with Crippen molar-refractivity contribution in [3.63, 3.8) is 0 Å². The maximum absolute atomic E-state index is 12.6. The van der Waals surface area contributed by atoms with Crippen molar-refractivity contribution in [2.24, 2.45) is 0 Å². The number of hydrogen-bond donors (Lipinski definition) is 1. The Morgan fingerprint density at radius 2 is 2.07 bits per heavy atom. The molecule has 1 saturated heterocycles. The largest absolute Gasteiger partial charge is 0.339 e. The molecule has 0 spiro atoms. The summed E-state index contributed by atoms with van der Waals surface area (Å²) in [5.74, 6) is -0.0633. The summed E-state index contributed by atoms with van der Waals surface area (Å²) >= 11 is 2.93. The minimum atomic E-state index is -0.263. The van der Waals surface area contributed by atoms with Gasteiger partial charge in [0, 0.05) is 29.8 Å². The van der Waals surface area contributed by atoms with Gasteiger partial charge in [-0.3, -0.25) is 9.59 Å². The number of rotatable bonds is 5. The molecule has 2 aliphatic rings. The summed E-state index contributed by atoms with van der Waals surface area (Å²) in [7, 11) is 0. The van der Waals surface area contributed by atoms with Crippen LogP contribution in [0.4, 0.5) is 0 Å². The minimum absolute atomic E-state index is 0.0719. The average Bonchev–Trinajstić information content (AvgIpc) is 2.72. The monoisotopic (exact) mass is 415 g/mol. The highest BCUT2D eigenvalue weighted by Crippen LogP contribution is 2.36. The third-order valence-corrected chi connectivity index (χ3v) is 7.08. The Morgan fingerprint density at radius 1 is 1.32 bits per heavy atom. The first kappa shape index (κ1) is 20.8. The van der Waals surface area contributed by atoms with Crippen molar-refractivity contribution in [3.05, 3.63) is 40.4 Å². The average molecular weight is 416 g/mol. The predicted octanol–water partition coefficient (Wildman–Crippen LogP) is 3.88. The van der Waals surface area contributed by atoms with Crippen LogP contribution in [0.1, 0.15) is 44.1 Å². The number of carbonyl (C=O) groups is 2. The van der Waals surface area contributed by atoms with Crippen molar-refractivity contribution < 1.29 is 9.59 Å². The fraction of sp³-hybridized carbons (Fsp3) is 0.476.